The fraction of sp³-hybridized carbons (Fsp3) is 0.615. The molecule has 0 bridgehead atoms. The van der Waals surface area contributed by atoms with Crippen LogP contribution in [-0.2, 0) is 14.3 Å². The van der Waals surface area contributed by atoms with Gasteiger partial charge < -0.3 is 25.6 Å². The second-order valence-electron chi connectivity index (χ2n) is 10.4. The molecule has 4 amide bonds. The van der Waals surface area contributed by atoms with Crippen LogP contribution >= 0.6 is 0 Å². The summed E-state index contributed by atoms with van der Waals surface area (Å²) in [7, 11) is 0. The molecule has 3 rings (SSSR count). The topological polar surface area (TPSA) is 117 Å². The summed E-state index contributed by atoms with van der Waals surface area (Å²) in [6.45, 7) is 6.71. The first-order valence-corrected chi connectivity index (χ1v) is 12.5. The normalized spacial score (nSPS) is 21.1. The van der Waals surface area contributed by atoms with Crippen molar-refractivity contribution in [1.29, 1.82) is 0 Å². The lowest BCUT2D eigenvalue weighted by Crippen LogP contribution is -2.54. The van der Waals surface area contributed by atoms with E-state index in [1.165, 1.54) is 0 Å². The second-order valence-corrected chi connectivity index (χ2v) is 10.4. The van der Waals surface area contributed by atoms with Gasteiger partial charge in [0.2, 0.25) is 11.8 Å². The van der Waals surface area contributed by atoms with E-state index in [2.05, 4.69) is 16.0 Å². The highest BCUT2D eigenvalue weighted by molar-refractivity contribution is 5.96. The number of nitrogens with one attached hydrogen (secondary N) is 3. The molecular formula is C26H38N4O5. The Hall–Kier alpha value is -3.10. The van der Waals surface area contributed by atoms with Crippen LogP contribution in [0.4, 0.5) is 4.79 Å². The van der Waals surface area contributed by atoms with Gasteiger partial charge in [-0.2, -0.15) is 0 Å². The molecule has 35 heavy (non-hydrogen) atoms. The molecule has 1 heterocycles. The van der Waals surface area contributed by atoms with Crippen molar-refractivity contribution in [3.8, 4) is 0 Å². The summed E-state index contributed by atoms with van der Waals surface area (Å²) in [5, 5.41) is 8.46. The fourth-order valence-corrected chi connectivity index (χ4v) is 4.68. The summed E-state index contributed by atoms with van der Waals surface area (Å²) in [6, 6.07) is 8.09. The summed E-state index contributed by atoms with van der Waals surface area (Å²) in [5.74, 6) is -0.610. The predicted octanol–water partition coefficient (Wildman–Crippen LogP) is 2.61. The first-order valence-electron chi connectivity index (χ1n) is 12.5. The number of nitrogens with zero attached hydrogens (tertiary/aromatic N) is 1. The minimum absolute atomic E-state index is 0.0263. The Morgan fingerprint density at radius 2 is 1.63 bits per heavy atom. The molecule has 1 atom stereocenters. The van der Waals surface area contributed by atoms with Gasteiger partial charge >= 0.3 is 6.09 Å². The van der Waals surface area contributed by atoms with Gasteiger partial charge in [-0.3, -0.25) is 14.4 Å². The van der Waals surface area contributed by atoms with Gasteiger partial charge in [0, 0.05) is 24.7 Å². The summed E-state index contributed by atoms with van der Waals surface area (Å²) < 4.78 is 5.41. The zero-order chi connectivity index (χ0) is 25.4. The van der Waals surface area contributed by atoms with Gasteiger partial charge in [-0.1, -0.05) is 18.2 Å². The van der Waals surface area contributed by atoms with E-state index in [1.54, 1.807) is 45.0 Å². The average Bonchev–Trinajstić information content (AvgIpc) is 3.36. The second kappa shape index (κ2) is 12.0. The van der Waals surface area contributed by atoms with Crippen LogP contribution in [0.3, 0.4) is 0 Å². The van der Waals surface area contributed by atoms with E-state index in [1.807, 2.05) is 11.0 Å². The molecule has 1 saturated heterocycles. The maximum Gasteiger partial charge on any atom is 0.408 e. The van der Waals surface area contributed by atoms with Crippen LogP contribution in [0.1, 0.15) is 69.7 Å². The summed E-state index contributed by atoms with van der Waals surface area (Å²) >= 11 is 0. The van der Waals surface area contributed by atoms with Crippen molar-refractivity contribution in [2.45, 2.75) is 77.0 Å². The highest BCUT2D eigenvalue weighted by atomic mass is 16.6. The highest BCUT2D eigenvalue weighted by Gasteiger charge is 2.37. The van der Waals surface area contributed by atoms with Crippen molar-refractivity contribution in [2.24, 2.45) is 5.92 Å². The molecule has 9 heteroatoms. The third-order valence-electron chi connectivity index (χ3n) is 6.41. The van der Waals surface area contributed by atoms with Gasteiger partial charge in [-0.25, -0.2) is 4.79 Å². The molecule has 1 aliphatic heterocycles. The number of hydrogen-bond donors (Lipinski definition) is 3. The molecule has 0 unspecified atom stereocenters. The Balaban J connectivity index is 1.50. The van der Waals surface area contributed by atoms with Gasteiger partial charge in [0.1, 0.15) is 11.6 Å². The number of likely N-dealkylation sites (tertiary alicyclic amines) is 1. The van der Waals surface area contributed by atoms with Crippen molar-refractivity contribution in [3.63, 3.8) is 0 Å². The Bertz CT molecular complexity index is 885. The molecule has 9 nitrogen and oxygen atoms in total. The monoisotopic (exact) mass is 486 g/mol. The van der Waals surface area contributed by atoms with Crippen LogP contribution < -0.4 is 16.0 Å². The van der Waals surface area contributed by atoms with E-state index in [9.17, 15) is 19.2 Å². The lowest BCUT2D eigenvalue weighted by molar-refractivity contribution is -0.134. The van der Waals surface area contributed by atoms with Crippen molar-refractivity contribution in [1.82, 2.24) is 20.9 Å². The number of carbonyl (C=O) groups excluding carboxylic acids is 4. The Morgan fingerprint density at radius 3 is 2.23 bits per heavy atom. The zero-order valence-corrected chi connectivity index (χ0v) is 21.0. The van der Waals surface area contributed by atoms with E-state index >= 15 is 0 Å². The number of rotatable bonds is 7. The third-order valence-corrected chi connectivity index (χ3v) is 6.41. The Morgan fingerprint density at radius 1 is 1.00 bits per heavy atom. The molecule has 1 saturated carbocycles. The maximum atomic E-state index is 13.2. The number of alkyl carbamates (subject to hydrolysis) is 1. The van der Waals surface area contributed by atoms with Crippen molar-refractivity contribution >= 4 is 23.8 Å². The standard InChI is InChI=1S/C26H38N4O5/c1-26(2,3)35-25(34)29-22(24(33)30-15-7-8-16-30)18-11-13-20(14-12-18)28-21(31)17-27-23(32)19-9-5-4-6-10-19/h4-6,9-10,18,20,22H,7-8,11-17H2,1-3H3,(H,27,32)(H,28,31)(H,29,34)/t18-,20-,22-/m0/s1. The summed E-state index contributed by atoms with van der Waals surface area (Å²) in [4.78, 5) is 52.0. The number of amides is 4. The average molecular weight is 487 g/mol. The summed E-state index contributed by atoms with van der Waals surface area (Å²) in [5.41, 5.74) is -0.143. The van der Waals surface area contributed by atoms with Crippen LogP contribution in [0.5, 0.6) is 0 Å². The fourth-order valence-electron chi connectivity index (χ4n) is 4.68. The first kappa shape index (κ1) is 26.5. The lowest BCUT2D eigenvalue weighted by Gasteiger charge is -2.35. The maximum absolute atomic E-state index is 13.2. The van der Waals surface area contributed by atoms with Gasteiger partial charge in [0.15, 0.2) is 0 Å². The van der Waals surface area contributed by atoms with E-state index in [-0.39, 0.29) is 36.2 Å². The smallest absolute Gasteiger partial charge is 0.408 e. The Labute approximate surface area is 207 Å². The minimum Gasteiger partial charge on any atom is -0.444 e. The van der Waals surface area contributed by atoms with E-state index in [0.29, 0.717) is 44.3 Å². The number of benzene rings is 1. The number of ether oxygens (including phenoxy) is 1. The van der Waals surface area contributed by atoms with Crippen LogP contribution in [-0.4, -0.2) is 66.0 Å². The molecule has 3 N–H and O–H groups in total. The zero-order valence-electron chi connectivity index (χ0n) is 21.0. The molecule has 1 aliphatic carbocycles. The van der Waals surface area contributed by atoms with Crippen LogP contribution in [0, 0.1) is 5.92 Å². The molecule has 0 spiro atoms. The van der Waals surface area contributed by atoms with Crippen LogP contribution in [0.15, 0.2) is 30.3 Å². The summed E-state index contributed by atoms with van der Waals surface area (Å²) in [6.07, 6.45) is 4.16. The quantitative estimate of drug-likeness (QED) is 0.548. The highest BCUT2D eigenvalue weighted by Crippen LogP contribution is 2.29. The molecule has 2 fully saturated rings. The molecule has 2 aliphatic rings. The third kappa shape index (κ3) is 8.26. The first-order chi connectivity index (χ1) is 16.6. The number of hydrogen-bond acceptors (Lipinski definition) is 5. The lowest BCUT2D eigenvalue weighted by atomic mass is 9.81. The van der Waals surface area contributed by atoms with E-state index < -0.39 is 17.7 Å². The van der Waals surface area contributed by atoms with Crippen molar-refractivity contribution in [3.05, 3.63) is 35.9 Å². The predicted molar refractivity (Wildman–Crippen MR) is 132 cm³/mol. The van der Waals surface area contributed by atoms with Gasteiger partial charge in [-0.15, -0.1) is 0 Å². The molecule has 1 aromatic rings. The molecular weight excluding hydrogens is 448 g/mol. The molecule has 0 aromatic heterocycles. The van der Waals surface area contributed by atoms with Gasteiger partial charge in [0.05, 0.1) is 6.54 Å². The SMILES string of the molecule is CC(C)(C)OC(=O)N[C@H](C(=O)N1CCCC1)[C@H]1CC[C@H](NC(=O)CNC(=O)c2ccccc2)CC1. The van der Waals surface area contributed by atoms with Gasteiger partial charge in [-0.05, 0) is 77.3 Å². The molecule has 0 radical (unpaired) electrons. The van der Waals surface area contributed by atoms with Crippen LogP contribution in [0.2, 0.25) is 0 Å². The van der Waals surface area contributed by atoms with Crippen LogP contribution in [0.25, 0.3) is 0 Å². The molecule has 1 aromatic carbocycles. The van der Waals surface area contributed by atoms with E-state index in [4.69, 9.17) is 4.74 Å². The van der Waals surface area contributed by atoms with Crippen molar-refractivity contribution < 1.29 is 23.9 Å². The molecule has 192 valence electrons. The van der Waals surface area contributed by atoms with E-state index in [0.717, 1.165) is 12.8 Å². The largest absolute Gasteiger partial charge is 0.444 e. The van der Waals surface area contributed by atoms with Gasteiger partial charge in [0.25, 0.3) is 5.91 Å². The van der Waals surface area contributed by atoms with Crippen molar-refractivity contribution in [2.75, 3.05) is 19.6 Å². The Kier molecular flexibility index (Phi) is 9.12. The number of carbonyl (C=O) groups is 4. The minimum atomic E-state index is -0.650.